The van der Waals surface area contributed by atoms with Crippen LogP contribution in [-0.2, 0) is 16.1 Å². The molecule has 1 atom stereocenters. The molecular formula is C21H18ClN5O3S2. The Morgan fingerprint density at radius 3 is 3.03 bits per heavy atom. The fourth-order valence-electron chi connectivity index (χ4n) is 3.66. The number of aromatic nitrogens is 4. The Balaban J connectivity index is 1.41. The van der Waals surface area contributed by atoms with Crippen molar-refractivity contribution in [1.82, 2.24) is 18.3 Å². The molecule has 0 unspecified atom stereocenters. The van der Waals surface area contributed by atoms with Crippen LogP contribution in [-0.4, -0.2) is 42.7 Å². The van der Waals surface area contributed by atoms with Crippen molar-refractivity contribution in [2.45, 2.75) is 30.6 Å². The van der Waals surface area contributed by atoms with Gasteiger partial charge in [0.05, 0.1) is 46.7 Å². The molecule has 1 saturated heterocycles. The molecule has 1 aliphatic rings. The van der Waals surface area contributed by atoms with Gasteiger partial charge in [0, 0.05) is 11.6 Å². The average molecular weight is 488 g/mol. The molecule has 32 heavy (non-hydrogen) atoms. The lowest BCUT2D eigenvalue weighted by Gasteiger charge is -2.16. The van der Waals surface area contributed by atoms with E-state index >= 15 is 0 Å². The minimum Gasteiger partial charge on any atom is -0.376 e. The summed E-state index contributed by atoms with van der Waals surface area (Å²) < 4.78 is 15.8. The molecule has 5 rings (SSSR count). The van der Waals surface area contributed by atoms with E-state index in [2.05, 4.69) is 19.0 Å². The van der Waals surface area contributed by atoms with Gasteiger partial charge in [-0.05, 0) is 43.2 Å². The van der Waals surface area contributed by atoms with Gasteiger partial charge >= 0.3 is 0 Å². The van der Waals surface area contributed by atoms with Crippen LogP contribution in [0, 0.1) is 0 Å². The predicted molar refractivity (Wildman–Crippen MR) is 127 cm³/mol. The van der Waals surface area contributed by atoms with E-state index in [1.165, 1.54) is 11.8 Å². The summed E-state index contributed by atoms with van der Waals surface area (Å²) >= 11 is 8.41. The van der Waals surface area contributed by atoms with E-state index in [4.69, 9.17) is 16.3 Å². The molecule has 0 aliphatic carbocycles. The number of thioether (sulfide) groups is 1. The number of nitrogens with one attached hydrogen (secondary N) is 1. The maximum atomic E-state index is 13.2. The lowest BCUT2D eigenvalue weighted by Crippen LogP contribution is -2.29. The molecule has 11 heteroatoms. The smallest absolute Gasteiger partial charge is 0.262 e. The minimum absolute atomic E-state index is 0.0396. The zero-order valence-electron chi connectivity index (χ0n) is 16.8. The third-order valence-electron chi connectivity index (χ3n) is 5.18. The first-order chi connectivity index (χ1) is 15.6. The van der Waals surface area contributed by atoms with Gasteiger partial charge in [-0.15, -0.1) is 0 Å². The Hall–Kier alpha value is -2.53. The lowest BCUT2D eigenvalue weighted by atomic mass is 10.2. The minimum atomic E-state index is -0.223. The summed E-state index contributed by atoms with van der Waals surface area (Å²) in [5.41, 5.74) is 2.34. The van der Waals surface area contributed by atoms with Gasteiger partial charge in [-0.1, -0.05) is 29.4 Å². The van der Waals surface area contributed by atoms with Crippen molar-refractivity contribution in [1.29, 1.82) is 0 Å². The van der Waals surface area contributed by atoms with Gasteiger partial charge in [0.15, 0.2) is 5.16 Å². The van der Waals surface area contributed by atoms with Gasteiger partial charge in [-0.25, -0.2) is 4.98 Å². The van der Waals surface area contributed by atoms with Gasteiger partial charge in [-0.3, -0.25) is 14.2 Å². The number of carbonyl (C=O) groups is 1. The summed E-state index contributed by atoms with van der Waals surface area (Å²) in [6, 6.07) is 10.5. The van der Waals surface area contributed by atoms with Crippen LogP contribution in [0.3, 0.4) is 0 Å². The molecule has 8 nitrogen and oxygen atoms in total. The van der Waals surface area contributed by atoms with E-state index in [9.17, 15) is 9.59 Å². The monoisotopic (exact) mass is 487 g/mol. The predicted octanol–water partition coefficient (Wildman–Crippen LogP) is 3.96. The fourth-order valence-corrected chi connectivity index (χ4v) is 5.18. The molecule has 3 heterocycles. The molecule has 2 aromatic heterocycles. The largest absolute Gasteiger partial charge is 0.376 e. The number of fused-ring (bicyclic) bond motifs is 2. The van der Waals surface area contributed by atoms with Crippen LogP contribution in [0.2, 0.25) is 5.02 Å². The summed E-state index contributed by atoms with van der Waals surface area (Å²) in [6.45, 7) is 1.09. The standard InChI is InChI=1S/C21H18ClN5O3S2/c22-12-6-7-14-17(9-12)24-21(27(20(14)29)10-13-3-2-8-30-13)31-11-18(28)23-15-4-1-5-16-19(15)26-32-25-16/h1,4-7,9,13H,2-3,8,10-11H2,(H,23,28)/t13-/m0/s1. The summed E-state index contributed by atoms with van der Waals surface area (Å²) in [4.78, 5) is 30.5. The van der Waals surface area contributed by atoms with Crippen LogP contribution in [0.1, 0.15) is 12.8 Å². The first kappa shape index (κ1) is 21.3. The second-order valence-corrected chi connectivity index (χ2v) is 9.29. The fraction of sp³-hybridized carbons (Fsp3) is 0.286. The van der Waals surface area contributed by atoms with Gasteiger partial charge in [0.25, 0.3) is 5.56 Å². The van der Waals surface area contributed by atoms with E-state index in [1.54, 1.807) is 28.8 Å². The highest BCUT2D eigenvalue weighted by molar-refractivity contribution is 7.99. The zero-order valence-corrected chi connectivity index (χ0v) is 19.2. The number of hydrogen-bond donors (Lipinski definition) is 1. The van der Waals surface area contributed by atoms with Crippen molar-refractivity contribution < 1.29 is 9.53 Å². The first-order valence-electron chi connectivity index (χ1n) is 10.0. The molecule has 1 aliphatic heterocycles. The summed E-state index contributed by atoms with van der Waals surface area (Å²) in [5.74, 6) is -0.141. The third kappa shape index (κ3) is 4.36. The van der Waals surface area contributed by atoms with Gasteiger partial charge in [-0.2, -0.15) is 8.75 Å². The van der Waals surface area contributed by atoms with Crippen LogP contribution in [0.4, 0.5) is 5.69 Å². The molecule has 0 radical (unpaired) electrons. The maximum Gasteiger partial charge on any atom is 0.262 e. The van der Waals surface area contributed by atoms with E-state index in [-0.39, 0.29) is 23.3 Å². The average Bonchev–Trinajstić information content (AvgIpc) is 3.47. The van der Waals surface area contributed by atoms with E-state index in [1.807, 2.05) is 12.1 Å². The molecule has 1 fully saturated rings. The Bertz CT molecular complexity index is 1370. The Kier molecular flexibility index (Phi) is 6.09. The quantitative estimate of drug-likeness (QED) is 0.324. The molecule has 4 aromatic rings. The first-order valence-corrected chi connectivity index (χ1v) is 12.1. The number of carbonyl (C=O) groups excluding carboxylic acids is 1. The molecule has 0 saturated carbocycles. The molecule has 2 aromatic carbocycles. The van der Waals surface area contributed by atoms with Gasteiger partial charge in [0.1, 0.15) is 11.0 Å². The SMILES string of the molecule is O=C(CSc1nc2cc(Cl)ccc2c(=O)n1C[C@@H]1CCCO1)Nc1cccc2nsnc12. The van der Waals surface area contributed by atoms with Crippen LogP contribution in [0.15, 0.2) is 46.3 Å². The molecular weight excluding hydrogens is 470 g/mol. The molecule has 1 amide bonds. The number of benzene rings is 2. The summed E-state index contributed by atoms with van der Waals surface area (Å²) in [6.07, 6.45) is 1.82. The number of nitrogens with zero attached hydrogens (tertiary/aromatic N) is 4. The summed E-state index contributed by atoms with van der Waals surface area (Å²) in [5, 5.41) is 4.33. The second kappa shape index (κ2) is 9.14. The van der Waals surface area contributed by atoms with E-state index in [0.29, 0.717) is 45.4 Å². The number of amides is 1. The Labute approximate surface area is 196 Å². The zero-order chi connectivity index (χ0) is 22.1. The molecule has 1 N–H and O–H groups in total. The topological polar surface area (TPSA) is 99.0 Å². The van der Waals surface area contributed by atoms with Crippen molar-refractivity contribution in [2.75, 3.05) is 17.7 Å². The van der Waals surface area contributed by atoms with Crippen molar-refractivity contribution in [3.63, 3.8) is 0 Å². The van der Waals surface area contributed by atoms with Crippen LogP contribution >= 0.6 is 35.1 Å². The number of anilines is 1. The third-order valence-corrected chi connectivity index (χ3v) is 6.94. The Morgan fingerprint density at radius 2 is 2.19 bits per heavy atom. The highest BCUT2D eigenvalue weighted by Gasteiger charge is 2.21. The number of halogens is 1. The van der Waals surface area contributed by atoms with Crippen LogP contribution in [0.25, 0.3) is 21.9 Å². The second-order valence-electron chi connectivity index (χ2n) is 7.38. The van der Waals surface area contributed by atoms with Crippen LogP contribution < -0.4 is 10.9 Å². The summed E-state index contributed by atoms with van der Waals surface area (Å²) in [7, 11) is 0. The van der Waals surface area contributed by atoms with Crippen molar-refractivity contribution in [2.24, 2.45) is 0 Å². The van der Waals surface area contributed by atoms with Crippen molar-refractivity contribution in [3.05, 3.63) is 51.8 Å². The highest BCUT2D eigenvalue weighted by Crippen LogP contribution is 2.24. The normalized spacial score (nSPS) is 16.1. The maximum absolute atomic E-state index is 13.2. The number of rotatable bonds is 6. The number of ether oxygens (including phenoxy) is 1. The van der Waals surface area contributed by atoms with Gasteiger partial charge < -0.3 is 10.1 Å². The van der Waals surface area contributed by atoms with Gasteiger partial charge in [0.2, 0.25) is 5.91 Å². The van der Waals surface area contributed by atoms with E-state index in [0.717, 1.165) is 30.1 Å². The highest BCUT2D eigenvalue weighted by atomic mass is 35.5. The van der Waals surface area contributed by atoms with E-state index < -0.39 is 0 Å². The Morgan fingerprint density at radius 1 is 1.28 bits per heavy atom. The lowest BCUT2D eigenvalue weighted by molar-refractivity contribution is -0.113. The van der Waals surface area contributed by atoms with Crippen molar-refractivity contribution in [3.8, 4) is 0 Å². The number of hydrogen-bond acceptors (Lipinski definition) is 8. The van der Waals surface area contributed by atoms with Crippen molar-refractivity contribution >= 4 is 68.6 Å². The molecule has 0 bridgehead atoms. The molecule has 0 spiro atoms. The van der Waals surface area contributed by atoms with Crippen LogP contribution in [0.5, 0.6) is 0 Å². The molecule has 164 valence electrons.